The van der Waals surface area contributed by atoms with E-state index in [0.29, 0.717) is 17.8 Å². The van der Waals surface area contributed by atoms with E-state index in [-0.39, 0.29) is 11.7 Å². The van der Waals surface area contributed by atoms with Crippen molar-refractivity contribution < 1.29 is 9.90 Å². The lowest BCUT2D eigenvalue weighted by atomic mass is 10.1. The van der Waals surface area contributed by atoms with E-state index in [0.717, 1.165) is 12.8 Å². The van der Waals surface area contributed by atoms with E-state index in [1.54, 1.807) is 11.9 Å². The highest BCUT2D eigenvalue weighted by molar-refractivity contribution is 5.99. The van der Waals surface area contributed by atoms with Gasteiger partial charge < -0.3 is 15.7 Å². The van der Waals surface area contributed by atoms with E-state index in [4.69, 9.17) is 5.73 Å². The second kappa shape index (κ2) is 5.94. The van der Waals surface area contributed by atoms with E-state index in [1.807, 2.05) is 6.08 Å². The molecule has 1 aromatic rings. The van der Waals surface area contributed by atoms with Crippen molar-refractivity contribution in [2.45, 2.75) is 12.8 Å². The number of nitrogens with zero attached hydrogens (tertiary/aromatic N) is 1. The van der Waals surface area contributed by atoms with Gasteiger partial charge in [-0.1, -0.05) is 6.08 Å². The van der Waals surface area contributed by atoms with Gasteiger partial charge in [0.25, 0.3) is 5.91 Å². The van der Waals surface area contributed by atoms with Crippen LogP contribution in [0.25, 0.3) is 0 Å². The van der Waals surface area contributed by atoms with Gasteiger partial charge in [-0.05, 0) is 31.0 Å². The monoisotopic (exact) mass is 234 g/mol. The van der Waals surface area contributed by atoms with Crippen LogP contribution in [0.3, 0.4) is 0 Å². The number of amides is 1. The standard InChI is InChI=1S/C13H18N2O2/c1-3-4-5-8-15(2)13(17)11-9-10(16)6-7-12(11)14/h3,6-7,9,16H,1,4-5,8,14H2,2H3. The minimum absolute atomic E-state index is 0.0436. The number of hydrogen-bond acceptors (Lipinski definition) is 3. The van der Waals surface area contributed by atoms with Gasteiger partial charge in [0.2, 0.25) is 0 Å². The zero-order valence-corrected chi connectivity index (χ0v) is 10.0. The molecule has 0 spiro atoms. The van der Waals surface area contributed by atoms with E-state index < -0.39 is 0 Å². The zero-order valence-electron chi connectivity index (χ0n) is 10.0. The molecule has 0 aromatic heterocycles. The lowest BCUT2D eigenvalue weighted by molar-refractivity contribution is 0.0794. The average Bonchev–Trinajstić information content (AvgIpc) is 2.31. The number of phenols is 1. The molecule has 0 aliphatic rings. The highest BCUT2D eigenvalue weighted by atomic mass is 16.3. The maximum absolute atomic E-state index is 12.0. The summed E-state index contributed by atoms with van der Waals surface area (Å²) in [6.45, 7) is 4.27. The summed E-state index contributed by atoms with van der Waals surface area (Å²) in [5, 5.41) is 9.34. The fourth-order valence-corrected chi connectivity index (χ4v) is 1.51. The van der Waals surface area contributed by atoms with Crippen LogP contribution in [0.15, 0.2) is 30.9 Å². The van der Waals surface area contributed by atoms with Gasteiger partial charge in [-0.25, -0.2) is 0 Å². The van der Waals surface area contributed by atoms with Crippen molar-refractivity contribution >= 4 is 11.6 Å². The molecule has 0 saturated heterocycles. The number of hydrogen-bond donors (Lipinski definition) is 2. The molecular weight excluding hydrogens is 216 g/mol. The summed E-state index contributed by atoms with van der Waals surface area (Å²) in [4.78, 5) is 13.6. The molecule has 1 rings (SSSR count). The normalized spacial score (nSPS) is 9.94. The van der Waals surface area contributed by atoms with Gasteiger partial charge in [-0.2, -0.15) is 0 Å². The van der Waals surface area contributed by atoms with Crippen LogP contribution in [-0.2, 0) is 0 Å². The summed E-state index contributed by atoms with van der Waals surface area (Å²) in [5.41, 5.74) is 6.43. The Morgan fingerprint density at radius 3 is 2.94 bits per heavy atom. The van der Waals surface area contributed by atoms with E-state index >= 15 is 0 Å². The van der Waals surface area contributed by atoms with Crippen LogP contribution < -0.4 is 5.73 Å². The van der Waals surface area contributed by atoms with E-state index in [9.17, 15) is 9.90 Å². The van der Waals surface area contributed by atoms with Crippen LogP contribution in [0.4, 0.5) is 5.69 Å². The first-order valence-corrected chi connectivity index (χ1v) is 5.51. The molecule has 0 saturated carbocycles. The van der Waals surface area contributed by atoms with Crippen molar-refractivity contribution in [3.8, 4) is 5.75 Å². The first-order valence-electron chi connectivity index (χ1n) is 5.51. The molecule has 0 aliphatic carbocycles. The SMILES string of the molecule is C=CCCCN(C)C(=O)c1cc(O)ccc1N. The van der Waals surface area contributed by atoms with Crippen LogP contribution in [0.5, 0.6) is 5.75 Å². The first-order chi connectivity index (χ1) is 8.06. The maximum atomic E-state index is 12.0. The molecule has 17 heavy (non-hydrogen) atoms. The van der Waals surface area contributed by atoms with Crippen LogP contribution in [0, 0.1) is 0 Å². The smallest absolute Gasteiger partial charge is 0.255 e. The van der Waals surface area contributed by atoms with Crippen molar-refractivity contribution in [3.63, 3.8) is 0 Å². The van der Waals surface area contributed by atoms with Gasteiger partial charge in [0, 0.05) is 19.3 Å². The fraction of sp³-hybridized carbons (Fsp3) is 0.308. The Kier molecular flexibility index (Phi) is 4.57. The van der Waals surface area contributed by atoms with Crippen LogP contribution in [0.1, 0.15) is 23.2 Å². The summed E-state index contributed by atoms with van der Waals surface area (Å²) in [6, 6.07) is 4.38. The minimum Gasteiger partial charge on any atom is -0.508 e. The van der Waals surface area contributed by atoms with Gasteiger partial charge in [0.15, 0.2) is 0 Å². The molecule has 1 aromatic carbocycles. The van der Waals surface area contributed by atoms with Crippen LogP contribution in [0.2, 0.25) is 0 Å². The molecule has 4 nitrogen and oxygen atoms in total. The Morgan fingerprint density at radius 1 is 1.59 bits per heavy atom. The van der Waals surface area contributed by atoms with E-state index in [2.05, 4.69) is 6.58 Å². The fourth-order valence-electron chi connectivity index (χ4n) is 1.51. The molecule has 0 radical (unpaired) electrons. The number of allylic oxidation sites excluding steroid dienone is 1. The number of anilines is 1. The van der Waals surface area contributed by atoms with Gasteiger partial charge >= 0.3 is 0 Å². The lowest BCUT2D eigenvalue weighted by Crippen LogP contribution is -2.28. The van der Waals surface area contributed by atoms with Gasteiger partial charge in [0.1, 0.15) is 5.75 Å². The molecule has 0 fully saturated rings. The van der Waals surface area contributed by atoms with Gasteiger partial charge in [-0.3, -0.25) is 4.79 Å². The van der Waals surface area contributed by atoms with Crippen molar-refractivity contribution in [3.05, 3.63) is 36.4 Å². The van der Waals surface area contributed by atoms with Gasteiger partial charge in [-0.15, -0.1) is 6.58 Å². The zero-order chi connectivity index (χ0) is 12.8. The predicted molar refractivity (Wildman–Crippen MR) is 68.9 cm³/mol. The molecule has 92 valence electrons. The number of phenolic OH excluding ortho intramolecular Hbond substituents is 1. The maximum Gasteiger partial charge on any atom is 0.255 e. The number of unbranched alkanes of at least 4 members (excludes halogenated alkanes) is 1. The molecule has 3 N–H and O–H groups in total. The van der Waals surface area contributed by atoms with Crippen molar-refractivity contribution in [1.29, 1.82) is 0 Å². The Hall–Kier alpha value is -1.97. The molecular formula is C13H18N2O2. The van der Waals surface area contributed by atoms with Crippen molar-refractivity contribution in [1.82, 2.24) is 4.90 Å². The Labute approximate surface area is 101 Å². The van der Waals surface area contributed by atoms with Gasteiger partial charge in [0.05, 0.1) is 5.56 Å². The second-order valence-corrected chi connectivity index (χ2v) is 3.93. The lowest BCUT2D eigenvalue weighted by Gasteiger charge is -2.17. The van der Waals surface area contributed by atoms with E-state index in [1.165, 1.54) is 18.2 Å². The third kappa shape index (κ3) is 3.52. The summed E-state index contributed by atoms with van der Waals surface area (Å²) in [7, 11) is 1.72. The summed E-state index contributed by atoms with van der Waals surface area (Å²) >= 11 is 0. The quantitative estimate of drug-likeness (QED) is 0.354. The Morgan fingerprint density at radius 2 is 2.29 bits per heavy atom. The number of rotatable bonds is 5. The number of aromatic hydroxyl groups is 1. The van der Waals surface area contributed by atoms with Crippen LogP contribution >= 0.6 is 0 Å². The number of benzene rings is 1. The third-order valence-electron chi connectivity index (χ3n) is 2.52. The highest BCUT2D eigenvalue weighted by Gasteiger charge is 2.14. The summed E-state index contributed by atoms with van der Waals surface area (Å²) in [5.74, 6) is -0.135. The van der Waals surface area contributed by atoms with Crippen LogP contribution in [-0.4, -0.2) is 29.5 Å². The van der Waals surface area contributed by atoms with Crippen molar-refractivity contribution in [2.24, 2.45) is 0 Å². The summed E-state index contributed by atoms with van der Waals surface area (Å²) in [6.07, 6.45) is 3.55. The highest BCUT2D eigenvalue weighted by Crippen LogP contribution is 2.19. The molecule has 0 atom stereocenters. The molecule has 4 heteroatoms. The molecule has 0 heterocycles. The topological polar surface area (TPSA) is 66.6 Å². The molecule has 0 bridgehead atoms. The van der Waals surface area contributed by atoms with Crippen molar-refractivity contribution in [2.75, 3.05) is 19.3 Å². The Bertz CT molecular complexity index is 416. The molecule has 0 aliphatic heterocycles. The third-order valence-corrected chi connectivity index (χ3v) is 2.52. The molecule has 1 amide bonds. The second-order valence-electron chi connectivity index (χ2n) is 3.93. The first kappa shape index (κ1) is 13.1. The largest absolute Gasteiger partial charge is 0.508 e. The molecule has 0 unspecified atom stereocenters. The summed E-state index contributed by atoms with van der Waals surface area (Å²) < 4.78 is 0. The number of nitrogen functional groups attached to an aromatic ring is 1. The minimum atomic E-state index is -0.178. The number of nitrogens with two attached hydrogens (primary N) is 1. The number of carbonyl (C=O) groups is 1. The number of carbonyl (C=O) groups excluding carboxylic acids is 1. The Balaban J connectivity index is 2.74. The predicted octanol–water partition coefficient (Wildman–Crippen LogP) is 2.01. The average molecular weight is 234 g/mol.